The maximum Gasteiger partial charge on any atom is 0.113 e. The van der Waals surface area contributed by atoms with E-state index < -0.39 is 6.67 Å². The van der Waals surface area contributed by atoms with Crippen molar-refractivity contribution in [2.75, 3.05) is 47.1 Å². The Morgan fingerprint density at radius 3 is 2.72 bits per heavy atom. The minimum Gasteiger partial charge on any atom is -0.377 e. The summed E-state index contributed by atoms with van der Waals surface area (Å²) in [5, 5.41) is 0.804. The first kappa shape index (κ1) is 19.1. The Balaban J connectivity index is 1.68. The van der Waals surface area contributed by atoms with Gasteiger partial charge in [0.2, 0.25) is 0 Å². The molecule has 0 aromatic heterocycles. The number of ether oxygens (including phenoxy) is 1. The molecule has 0 radical (unpaired) electrons. The molecule has 0 unspecified atom stereocenters. The van der Waals surface area contributed by atoms with Crippen LogP contribution < -0.4 is 0 Å². The van der Waals surface area contributed by atoms with E-state index in [2.05, 4.69) is 36.0 Å². The normalized spacial score (nSPS) is 29.5. The first-order valence-electron chi connectivity index (χ1n) is 9.39. The van der Waals surface area contributed by atoms with Crippen molar-refractivity contribution in [1.82, 2.24) is 9.80 Å². The van der Waals surface area contributed by atoms with Crippen LogP contribution in [-0.2, 0) is 4.74 Å². The number of hydrogen-bond acceptors (Lipinski definition) is 3. The predicted octanol–water partition coefficient (Wildman–Crippen LogP) is 3.82. The highest BCUT2D eigenvalue weighted by Gasteiger charge is 2.45. The Morgan fingerprint density at radius 2 is 2.00 bits per heavy atom. The van der Waals surface area contributed by atoms with Crippen molar-refractivity contribution in [1.29, 1.82) is 0 Å². The molecule has 3 nitrogen and oxygen atoms in total. The van der Waals surface area contributed by atoms with E-state index in [0.29, 0.717) is 30.5 Å². The summed E-state index contributed by atoms with van der Waals surface area (Å²) in [4.78, 5) is 4.95. The van der Waals surface area contributed by atoms with Gasteiger partial charge in [0.25, 0.3) is 0 Å². The molecule has 5 heteroatoms. The number of piperidine rings is 1. The average Bonchev–Trinajstić information content (AvgIpc) is 2.85. The summed E-state index contributed by atoms with van der Waals surface area (Å²) in [5.74, 6) is 1.19. The van der Waals surface area contributed by atoms with Gasteiger partial charge in [-0.1, -0.05) is 23.7 Å². The summed E-state index contributed by atoms with van der Waals surface area (Å²) in [6, 6.07) is 9.80. The molecule has 1 aromatic rings. The molecule has 2 fully saturated rings. The Kier molecular flexibility index (Phi) is 6.73. The van der Waals surface area contributed by atoms with Gasteiger partial charge >= 0.3 is 0 Å². The van der Waals surface area contributed by atoms with E-state index in [1.807, 2.05) is 12.1 Å². The van der Waals surface area contributed by atoms with Gasteiger partial charge in [-0.25, -0.2) is 4.39 Å². The lowest BCUT2D eigenvalue weighted by molar-refractivity contribution is 0.0601. The van der Waals surface area contributed by atoms with Gasteiger partial charge in [-0.15, -0.1) is 0 Å². The molecule has 2 heterocycles. The molecule has 0 N–H and O–H groups in total. The average molecular weight is 368 g/mol. The molecule has 0 spiro atoms. The molecule has 0 aliphatic carbocycles. The predicted molar refractivity (Wildman–Crippen MR) is 101 cm³/mol. The highest BCUT2D eigenvalue weighted by Crippen LogP contribution is 2.46. The van der Waals surface area contributed by atoms with Crippen molar-refractivity contribution in [2.45, 2.75) is 37.3 Å². The van der Waals surface area contributed by atoms with E-state index in [9.17, 15) is 4.39 Å². The van der Waals surface area contributed by atoms with Crippen LogP contribution in [0, 0.1) is 5.92 Å². The number of nitrogens with zero attached hydrogens (tertiary/aromatic N) is 2. The second kappa shape index (κ2) is 8.81. The molecule has 3 rings (SSSR count). The summed E-state index contributed by atoms with van der Waals surface area (Å²) >= 11 is 6.09. The van der Waals surface area contributed by atoms with E-state index in [-0.39, 0.29) is 6.61 Å². The molecule has 2 aliphatic rings. The van der Waals surface area contributed by atoms with Crippen LogP contribution in [0.3, 0.4) is 0 Å². The molecule has 0 saturated carbocycles. The van der Waals surface area contributed by atoms with Gasteiger partial charge in [0.1, 0.15) is 6.67 Å². The number of halogens is 2. The molecule has 25 heavy (non-hydrogen) atoms. The van der Waals surface area contributed by atoms with Gasteiger partial charge in [-0.05, 0) is 62.9 Å². The fourth-order valence-electron chi connectivity index (χ4n) is 4.75. The van der Waals surface area contributed by atoms with Crippen LogP contribution in [0.5, 0.6) is 0 Å². The molecule has 2 bridgehead atoms. The van der Waals surface area contributed by atoms with E-state index >= 15 is 0 Å². The highest BCUT2D eigenvalue weighted by molar-refractivity contribution is 6.30. The van der Waals surface area contributed by atoms with Gasteiger partial charge in [0.15, 0.2) is 0 Å². The second-order valence-corrected chi connectivity index (χ2v) is 8.02. The van der Waals surface area contributed by atoms with Crippen LogP contribution in [0.15, 0.2) is 24.3 Å². The van der Waals surface area contributed by atoms with Crippen LogP contribution in [0.4, 0.5) is 4.39 Å². The number of alkyl halides is 1. The third-order valence-electron chi connectivity index (χ3n) is 6.09. The van der Waals surface area contributed by atoms with E-state index in [0.717, 1.165) is 18.1 Å². The molecular formula is C20H30ClFN2O. The van der Waals surface area contributed by atoms with Crippen molar-refractivity contribution < 1.29 is 9.13 Å². The zero-order valence-electron chi connectivity index (χ0n) is 15.3. The largest absolute Gasteiger partial charge is 0.377 e. The number of likely N-dealkylation sites (N-methyl/N-ethyl adjacent to an activating group) is 1. The molecule has 4 atom stereocenters. The lowest BCUT2D eigenvalue weighted by Crippen LogP contribution is -2.49. The smallest absolute Gasteiger partial charge is 0.113 e. The van der Waals surface area contributed by atoms with Crippen LogP contribution in [0.25, 0.3) is 0 Å². The van der Waals surface area contributed by atoms with Crippen molar-refractivity contribution in [3.05, 3.63) is 34.9 Å². The highest BCUT2D eigenvalue weighted by atomic mass is 35.5. The molecule has 2 saturated heterocycles. The molecule has 0 amide bonds. The molecule has 1 aromatic carbocycles. The maximum atomic E-state index is 12.1. The lowest BCUT2D eigenvalue weighted by Gasteiger charge is -2.44. The number of hydrogen-bond donors (Lipinski definition) is 0. The van der Waals surface area contributed by atoms with Gasteiger partial charge in [-0.3, -0.25) is 0 Å². The summed E-state index contributed by atoms with van der Waals surface area (Å²) in [6.45, 7) is 2.30. The fraction of sp³-hybridized carbons (Fsp3) is 0.700. The van der Waals surface area contributed by atoms with Gasteiger partial charge in [-0.2, -0.15) is 0 Å². The minimum atomic E-state index is -0.404. The SMILES string of the molecule is CN(CCOCC[18F])C[C@H]1[C@@H](c2ccc(Cl)cc2)C[C@@H]2CC[C@H]1N2C. The van der Waals surface area contributed by atoms with Gasteiger partial charge < -0.3 is 14.5 Å². The maximum absolute atomic E-state index is 12.1. The first-order chi connectivity index (χ1) is 12.1. The van der Waals surface area contributed by atoms with E-state index in [1.54, 1.807) is 0 Å². The monoisotopic (exact) mass is 367 g/mol. The number of rotatable bonds is 8. The van der Waals surface area contributed by atoms with Crippen molar-refractivity contribution in [3.63, 3.8) is 0 Å². The molecule has 140 valence electrons. The Labute approximate surface area is 156 Å². The number of benzene rings is 1. The first-order valence-corrected chi connectivity index (χ1v) is 9.77. The van der Waals surface area contributed by atoms with Gasteiger partial charge in [0.05, 0.1) is 13.2 Å². The Bertz CT molecular complexity index is 541. The van der Waals surface area contributed by atoms with Crippen molar-refractivity contribution in [3.8, 4) is 0 Å². The minimum absolute atomic E-state index is 0.206. The third kappa shape index (κ3) is 4.54. The fourth-order valence-corrected chi connectivity index (χ4v) is 4.87. The molecule has 2 aliphatic heterocycles. The zero-order chi connectivity index (χ0) is 17.8. The van der Waals surface area contributed by atoms with Gasteiger partial charge in [0, 0.05) is 30.2 Å². The van der Waals surface area contributed by atoms with Crippen LogP contribution in [0.2, 0.25) is 5.02 Å². The topological polar surface area (TPSA) is 15.7 Å². The second-order valence-electron chi connectivity index (χ2n) is 7.59. The zero-order valence-corrected chi connectivity index (χ0v) is 16.1. The van der Waals surface area contributed by atoms with E-state index in [1.165, 1.54) is 24.8 Å². The van der Waals surface area contributed by atoms with E-state index in [4.69, 9.17) is 16.3 Å². The Morgan fingerprint density at radius 1 is 1.24 bits per heavy atom. The van der Waals surface area contributed by atoms with Crippen LogP contribution >= 0.6 is 11.6 Å². The number of fused-ring (bicyclic) bond motifs is 2. The van der Waals surface area contributed by atoms with Crippen molar-refractivity contribution in [2.24, 2.45) is 5.92 Å². The molecular weight excluding hydrogens is 338 g/mol. The Hall–Kier alpha value is -0.680. The summed E-state index contributed by atoms with van der Waals surface area (Å²) in [6.07, 6.45) is 3.83. The quantitative estimate of drug-likeness (QED) is 0.649. The summed E-state index contributed by atoms with van der Waals surface area (Å²) in [7, 11) is 4.44. The summed E-state index contributed by atoms with van der Waals surface area (Å²) in [5.41, 5.74) is 1.42. The summed E-state index contributed by atoms with van der Waals surface area (Å²) < 4.78 is 17.5. The third-order valence-corrected chi connectivity index (χ3v) is 6.34. The van der Waals surface area contributed by atoms with Crippen molar-refractivity contribution >= 4 is 11.6 Å². The van der Waals surface area contributed by atoms with Crippen LogP contribution in [0.1, 0.15) is 30.7 Å². The van der Waals surface area contributed by atoms with Crippen LogP contribution in [-0.4, -0.2) is 69.0 Å². The lowest BCUT2D eigenvalue weighted by atomic mass is 9.76. The standard InChI is InChI=1S/C20H30ClFN2O/c1-23(10-12-25-11-9-22)14-19-18(15-3-5-16(21)6-4-15)13-17-7-8-20(19)24(17)2/h3-6,17-20H,7-14H2,1-2H3/t17-,18+,19-,20+/m0/s1/i22-1.